The average Bonchev–Trinajstić information content (AvgIpc) is 2.99. The lowest BCUT2D eigenvalue weighted by Gasteiger charge is -2.14. The Labute approximate surface area is 112 Å². The molecule has 104 valence electrons. The summed E-state index contributed by atoms with van der Waals surface area (Å²) in [6.45, 7) is 2.00. The second kappa shape index (κ2) is 4.96. The van der Waals surface area contributed by atoms with Crippen molar-refractivity contribution in [1.29, 1.82) is 0 Å². The monoisotopic (exact) mass is 264 g/mol. The first kappa shape index (κ1) is 12.7. The van der Waals surface area contributed by atoms with Crippen LogP contribution < -0.4 is 5.56 Å². The zero-order chi connectivity index (χ0) is 13.4. The maximum Gasteiger partial charge on any atom is 0.258 e. The molecule has 1 aromatic heterocycles. The van der Waals surface area contributed by atoms with Gasteiger partial charge in [-0.2, -0.15) is 4.98 Å². The summed E-state index contributed by atoms with van der Waals surface area (Å²) in [4.78, 5) is 19.1. The molecule has 2 aliphatic rings. The summed E-state index contributed by atoms with van der Waals surface area (Å²) in [6.07, 6.45) is 5.97. The largest absolute Gasteiger partial charge is 0.493 e. The summed E-state index contributed by atoms with van der Waals surface area (Å²) in [5.41, 5.74) is 0.268. The standard InChI is InChI=1S/C14H20N2O3/c1-8-6-7-10(19-8)12-15-13(17)11(14(18)16-12)9-4-2-3-5-9/h8-10H,2-7H2,1H3,(H2,15,16,17,18). The van der Waals surface area contributed by atoms with Gasteiger partial charge in [-0.05, 0) is 38.5 Å². The Morgan fingerprint density at radius 2 is 2.00 bits per heavy atom. The van der Waals surface area contributed by atoms with Gasteiger partial charge < -0.3 is 14.8 Å². The Morgan fingerprint density at radius 3 is 2.58 bits per heavy atom. The highest BCUT2D eigenvalue weighted by atomic mass is 16.5. The molecular weight excluding hydrogens is 244 g/mol. The molecule has 2 N–H and O–H groups in total. The van der Waals surface area contributed by atoms with Crippen LogP contribution >= 0.6 is 0 Å². The van der Waals surface area contributed by atoms with Crippen LogP contribution in [0.5, 0.6) is 5.88 Å². The number of aromatic nitrogens is 2. The fraction of sp³-hybridized carbons (Fsp3) is 0.714. The molecule has 0 aromatic carbocycles. The molecule has 1 aliphatic carbocycles. The number of nitrogens with one attached hydrogen (secondary N) is 1. The van der Waals surface area contributed by atoms with Crippen molar-refractivity contribution < 1.29 is 9.84 Å². The molecule has 2 unspecified atom stereocenters. The van der Waals surface area contributed by atoms with E-state index in [1.165, 1.54) is 0 Å². The number of rotatable bonds is 2. The fourth-order valence-corrected chi connectivity index (χ4v) is 3.23. The summed E-state index contributed by atoms with van der Waals surface area (Å²) in [7, 11) is 0. The predicted molar refractivity (Wildman–Crippen MR) is 70.3 cm³/mol. The van der Waals surface area contributed by atoms with E-state index in [0.717, 1.165) is 38.5 Å². The van der Waals surface area contributed by atoms with Crippen LogP contribution in [0.15, 0.2) is 4.79 Å². The Bertz CT molecular complexity index is 520. The van der Waals surface area contributed by atoms with Gasteiger partial charge >= 0.3 is 0 Å². The molecule has 1 aromatic rings. The molecule has 0 amide bonds. The van der Waals surface area contributed by atoms with Crippen molar-refractivity contribution in [3.63, 3.8) is 0 Å². The summed E-state index contributed by atoms with van der Waals surface area (Å²) < 4.78 is 5.68. The van der Waals surface area contributed by atoms with Crippen LogP contribution in [0.25, 0.3) is 0 Å². The van der Waals surface area contributed by atoms with E-state index in [2.05, 4.69) is 9.97 Å². The van der Waals surface area contributed by atoms with E-state index in [0.29, 0.717) is 11.4 Å². The van der Waals surface area contributed by atoms with Crippen LogP contribution in [-0.4, -0.2) is 21.2 Å². The van der Waals surface area contributed by atoms with Crippen LogP contribution in [0, 0.1) is 0 Å². The molecule has 2 fully saturated rings. The van der Waals surface area contributed by atoms with Crippen LogP contribution in [0.1, 0.15) is 68.9 Å². The van der Waals surface area contributed by atoms with Crippen molar-refractivity contribution in [2.75, 3.05) is 0 Å². The lowest BCUT2D eigenvalue weighted by molar-refractivity contribution is 0.0497. The molecule has 1 saturated carbocycles. The predicted octanol–water partition coefficient (Wildman–Crippen LogP) is 2.37. The van der Waals surface area contributed by atoms with E-state index in [-0.39, 0.29) is 29.6 Å². The van der Waals surface area contributed by atoms with Crippen LogP contribution in [0.4, 0.5) is 0 Å². The Morgan fingerprint density at radius 1 is 1.26 bits per heavy atom. The molecule has 0 spiro atoms. The number of aromatic amines is 1. The first-order chi connectivity index (χ1) is 9.15. The molecule has 1 aliphatic heterocycles. The van der Waals surface area contributed by atoms with Crippen LogP contribution in [0.3, 0.4) is 0 Å². The molecule has 3 rings (SSSR count). The molecule has 0 radical (unpaired) electrons. The van der Waals surface area contributed by atoms with E-state index in [1.54, 1.807) is 0 Å². The lowest BCUT2D eigenvalue weighted by Crippen LogP contribution is -2.20. The third-order valence-electron chi connectivity index (χ3n) is 4.25. The van der Waals surface area contributed by atoms with Gasteiger partial charge in [-0.25, -0.2) is 0 Å². The minimum atomic E-state index is -0.197. The first-order valence-corrected chi connectivity index (χ1v) is 7.13. The maximum atomic E-state index is 12.2. The van der Waals surface area contributed by atoms with E-state index < -0.39 is 0 Å². The van der Waals surface area contributed by atoms with Crippen molar-refractivity contribution in [2.24, 2.45) is 0 Å². The second-order valence-corrected chi connectivity index (χ2v) is 5.68. The van der Waals surface area contributed by atoms with Crippen LogP contribution in [0.2, 0.25) is 0 Å². The van der Waals surface area contributed by atoms with Gasteiger partial charge in [0.2, 0.25) is 5.88 Å². The minimum Gasteiger partial charge on any atom is -0.493 e. The molecule has 0 bridgehead atoms. The van der Waals surface area contributed by atoms with Crippen molar-refractivity contribution in [1.82, 2.24) is 9.97 Å². The fourth-order valence-electron chi connectivity index (χ4n) is 3.23. The first-order valence-electron chi connectivity index (χ1n) is 7.13. The van der Waals surface area contributed by atoms with Gasteiger partial charge in [-0.3, -0.25) is 4.79 Å². The van der Waals surface area contributed by atoms with Gasteiger partial charge in [0.25, 0.3) is 5.56 Å². The van der Waals surface area contributed by atoms with Gasteiger partial charge in [0.1, 0.15) is 11.9 Å². The normalized spacial score (nSPS) is 28.1. The molecule has 5 heteroatoms. The van der Waals surface area contributed by atoms with Gasteiger partial charge in [0.05, 0.1) is 11.7 Å². The number of hydrogen-bond donors (Lipinski definition) is 2. The van der Waals surface area contributed by atoms with Gasteiger partial charge in [-0.15, -0.1) is 0 Å². The highest BCUT2D eigenvalue weighted by molar-refractivity contribution is 5.28. The summed E-state index contributed by atoms with van der Waals surface area (Å²) in [5.74, 6) is 0.524. The summed E-state index contributed by atoms with van der Waals surface area (Å²) in [5, 5.41) is 10.1. The Kier molecular flexibility index (Phi) is 3.31. The molecule has 2 heterocycles. The van der Waals surface area contributed by atoms with E-state index >= 15 is 0 Å². The number of H-pyrrole nitrogens is 1. The smallest absolute Gasteiger partial charge is 0.258 e. The van der Waals surface area contributed by atoms with Crippen molar-refractivity contribution in [3.05, 3.63) is 21.7 Å². The quantitative estimate of drug-likeness (QED) is 0.860. The van der Waals surface area contributed by atoms with Gasteiger partial charge in [0, 0.05) is 0 Å². The molecular formula is C14H20N2O3. The molecule has 2 atom stereocenters. The highest BCUT2D eigenvalue weighted by Crippen LogP contribution is 2.36. The third-order valence-corrected chi connectivity index (χ3v) is 4.25. The third kappa shape index (κ3) is 2.39. The van der Waals surface area contributed by atoms with Crippen molar-refractivity contribution in [2.45, 2.75) is 63.6 Å². The SMILES string of the molecule is CC1CCC(c2nc(O)c(C3CCCC3)c(=O)[nH]2)O1. The number of hydrogen-bond acceptors (Lipinski definition) is 4. The molecule has 1 saturated heterocycles. The molecule has 5 nitrogen and oxygen atoms in total. The van der Waals surface area contributed by atoms with Gasteiger partial charge in [0.15, 0.2) is 0 Å². The van der Waals surface area contributed by atoms with Crippen LogP contribution in [-0.2, 0) is 4.74 Å². The van der Waals surface area contributed by atoms with E-state index in [1.807, 2.05) is 6.92 Å². The topological polar surface area (TPSA) is 75.2 Å². The lowest BCUT2D eigenvalue weighted by atomic mass is 10.00. The Balaban J connectivity index is 1.91. The minimum absolute atomic E-state index is 0.103. The number of ether oxygens (including phenoxy) is 1. The Hall–Kier alpha value is -1.36. The van der Waals surface area contributed by atoms with E-state index in [4.69, 9.17) is 4.74 Å². The zero-order valence-electron chi connectivity index (χ0n) is 11.2. The number of nitrogens with zero attached hydrogens (tertiary/aromatic N) is 1. The second-order valence-electron chi connectivity index (χ2n) is 5.68. The molecule has 19 heavy (non-hydrogen) atoms. The maximum absolute atomic E-state index is 12.2. The van der Waals surface area contributed by atoms with E-state index in [9.17, 15) is 9.90 Å². The average molecular weight is 264 g/mol. The summed E-state index contributed by atoms with van der Waals surface area (Å²) >= 11 is 0. The zero-order valence-corrected chi connectivity index (χ0v) is 11.2. The number of aromatic hydroxyl groups is 1. The van der Waals surface area contributed by atoms with Crippen molar-refractivity contribution in [3.8, 4) is 5.88 Å². The van der Waals surface area contributed by atoms with Crippen molar-refractivity contribution >= 4 is 0 Å². The highest BCUT2D eigenvalue weighted by Gasteiger charge is 2.29. The van der Waals surface area contributed by atoms with Gasteiger partial charge in [-0.1, -0.05) is 12.8 Å². The summed E-state index contributed by atoms with van der Waals surface area (Å²) in [6, 6.07) is 0.